The first-order chi connectivity index (χ1) is 9.02. The van der Waals surface area contributed by atoms with Crippen LogP contribution in [-0.4, -0.2) is 16.1 Å². The van der Waals surface area contributed by atoms with E-state index in [0.717, 1.165) is 0 Å². The second-order valence-corrected chi connectivity index (χ2v) is 4.95. The third-order valence-corrected chi connectivity index (χ3v) is 3.83. The van der Waals surface area contributed by atoms with Gasteiger partial charge in [0.25, 0.3) is 6.43 Å². The molecule has 1 heterocycles. The van der Waals surface area contributed by atoms with Crippen molar-refractivity contribution in [1.29, 1.82) is 0 Å². The minimum atomic E-state index is -2.58. The van der Waals surface area contributed by atoms with Gasteiger partial charge in [-0.05, 0) is 18.1 Å². The summed E-state index contributed by atoms with van der Waals surface area (Å²) in [5.74, 6) is -1.14. The highest BCUT2D eigenvalue weighted by Crippen LogP contribution is 2.33. The van der Waals surface area contributed by atoms with E-state index in [-0.39, 0.29) is 11.3 Å². The number of benzene rings is 1. The molecule has 0 unspecified atom stereocenters. The molecular formula is C13H11F2NO2S. The number of aromatic carboxylic acids is 1. The van der Waals surface area contributed by atoms with Crippen LogP contribution < -0.4 is 0 Å². The summed E-state index contributed by atoms with van der Waals surface area (Å²) >= 11 is 1.22. The monoisotopic (exact) mass is 283 g/mol. The lowest BCUT2D eigenvalue weighted by molar-refractivity contribution is 0.0692. The normalized spacial score (nSPS) is 10.9. The van der Waals surface area contributed by atoms with E-state index in [1.165, 1.54) is 29.5 Å². The molecule has 3 nitrogen and oxygen atoms in total. The van der Waals surface area contributed by atoms with Crippen molar-refractivity contribution in [2.24, 2.45) is 0 Å². The number of alkyl halides is 2. The van der Waals surface area contributed by atoms with Gasteiger partial charge in [0.2, 0.25) is 0 Å². The number of halogens is 2. The van der Waals surface area contributed by atoms with Crippen LogP contribution in [-0.2, 0) is 6.42 Å². The van der Waals surface area contributed by atoms with Gasteiger partial charge in [0, 0.05) is 5.56 Å². The van der Waals surface area contributed by atoms with E-state index in [9.17, 15) is 13.6 Å². The van der Waals surface area contributed by atoms with Gasteiger partial charge in [-0.2, -0.15) is 0 Å². The molecule has 0 aliphatic rings. The van der Waals surface area contributed by atoms with Crippen molar-refractivity contribution in [1.82, 2.24) is 4.98 Å². The number of aryl methyl sites for hydroxylation is 1. The van der Waals surface area contributed by atoms with Crippen LogP contribution in [0.2, 0.25) is 0 Å². The number of rotatable bonds is 4. The Hall–Kier alpha value is -1.82. The Morgan fingerprint density at radius 2 is 2.21 bits per heavy atom. The summed E-state index contributed by atoms with van der Waals surface area (Å²) in [6.45, 7) is 1.86. The summed E-state index contributed by atoms with van der Waals surface area (Å²) < 4.78 is 25.3. The molecule has 0 bridgehead atoms. The molecule has 6 heteroatoms. The molecule has 0 radical (unpaired) electrons. The zero-order valence-electron chi connectivity index (χ0n) is 10.1. The van der Waals surface area contributed by atoms with Crippen molar-refractivity contribution in [3.8, 4) is 10.4 Å². The largest absolute Gasteiger partial charge is 0.476 e. The van der Waals surface area contributed by atoms with Crippen LogP contribution >= 0.6 is 11.3 Å². The SMILES string of the molecule is CCc1nc(C(=O)O)c(-c2cccc(C(F)F)c2)s1. The van der Waals surface area contributed by atoms with E-state index in [4.69, 9.17) is 5.11 Å². The first kappa shape index (κ1) is 13.6. The van der Waals surface area contributed by atoms with Gasteiger partial charge < -0.3 is 5.11 Å². The molecule has 0 atom stereocenters. The van der Waals surface area contributed by atoms with Gasteiger partial charge in [0.1, 0.15) is 0 Å². The highest BCUT2D eigenvalue weighted by atomic mass is 32.1. The summed E-state index contributed by atoms with van der Waals surface area (Å²) in [6.07, 6.45) is -1.97. The molecular weight excluding hydrogens is 272 g/mol. The van der Waals surface area contributed by atoms with Crippen molar-refractivity contribution in [3.63, 3.8) is 0 Å². The van der Waals surface area contributed by atoms with Gasteiger partial charge in [-0.1, -0.05) is 25.1 Å². The van der Waals surface area contributed by atoms with Crippen molar-refractivity contribution < 1.29 is 18.7 Å². The number of hydrogen-bond acceptors (Lipinski definition) is 3. The predicted molar refractivity (Wildman–Crippen MR) is 68.8 cm³/mol. The Balaban J connectivity index is 2.54. The van der Waals surface area contributed by atoms with Gasteiger partial charge in [0.15, 0.2) is 5.69 Å². The highest BCUT2D eigenvalue weighted by Gasteiger charge is 2.19. The van der Waals surface area contributed by atoms with Crippen molar-refractivity contribution in [2.45, 2.75) is 19.8 Å². The number of thiazole rings is 1. The molecule has 100 valence electrons. The van der Waals surface area contributed by atoms with E-state index in [1.54, 1.807) is 6.07 Å². The molecule has 2 aromatic rings. The minimum Gasteiger partial charge on any atom is -0.476 e. The average molecular weight is 283 g/mol. The van der Waals surface area contributed by atoms with Crippen LogP contribution in [0.3, 0.4) is 0 Å². The first-order valence-electron chi connectivity index (χ1n) is 5.64. The van der Waals surface area contributed by atoms with Gasteiger partial charge in [-0.15, -0.1) is 11.3 Å². The molecule has 1 N–H and O–H groups in total. The van der Waals surface area contributed by atoms with Crippen molar-refractivity contribution in [2.75, 3.05) is 0 Å². The maximum absolute atomic E-state index is 12.7. The Bertz CT molecular complexity index is 610. The second-order valence-electron chi connectivity index (χ2n) is 3.87. The number of carbonyl (C=O) groups is 1. The topological polar surface area (TPSA) is 50.2 Å². The number of hydrogen-bond donors (Lipinski definition) is 1. The van der Waals surface area contributed by atoms with Gasteiger partial charge in [-0.3, -0.25) is 0 Å². The van der Waals surface area contributed by atoms with Gasteiger partial charge in [0.05, 0.1) is 9.88 Å². The molecule has 0 spiro atoms. The van der Waals surface area contributed by atoms with E-state index >= 15 is 0 Å². The summed E-state index contributed by atoms with van der Waals surface area (Å²) in [7, 11) is 0. The molecule has 1 aromatic carbocycles. The zero-order valence-corrected chi connectivity index (χ0v) is 10.9. The number of carboxylic acids is 1. The van der Waals surface area contributed by atoms with Gasteiger partial charge >= 0.3 is 5.97 Å². The molecule has 1 aromatic heterocycles. The van der Waals surface area contributed by atoms with Gasteiger partial charge in [-0.25, -0.2) is 18.6 Å². The Morgan fingerprint density at radius 1 is 1.47 bits per heavy atom. The van der Waals surface area contributed by atoms with E-state index in [2.05, 4.69) is 4.98 Å². The van der Waals surface area contributed by atoms with Crippen molar-refractivity contribution in [3.05, 3.63) is 40.5 Å². The van der Waals surface area contributed by atoms with Crippen LogP contribution in [0.4, 0.5) is 8.78 Å². The molecule has 0 fully saturated rings. The van der Waals surface area contributed by atoms with Crippen LogP contribution in [0.25, 0.3) is 10.4 Å². The number of nitrogens with zero attached hydrogens (tertiary/aromatic N) is 1. The first-order valence-corrected chi connectivity index (χ1v) is 6.46. The highest BCUT2D eigenvalue weighted by molar-refractivity contribution is 7.15. The third-order valence-electron chi connectivity index (χ3n) is 2.58. The molecule has 0 saturated carbocycles. The summed E-state index contributed by atoms with van der Waals surface area (Å²) in [5, 5.41) is 9.79. The Morgan fingerprint density at radius 3 is 2.79 bits per heavy atom. The smallest absolute Gasteiger partial charge is 0.356 e. The fraction of sp³-hybridized carbons (Fsp3) is 0.231. The van der Waals surface area contributed by atoms with Crippen LogP contribution in [0.1, 0.15) is 34.4 Å². The average Bonchev–Trinajstić information content (AvgIpc) is 2.83. The molecule has 0 saturated heterocycles. The fourth-order valence-corrected chi connectivity index (χ4v) is 2.66. The van der Waals surface area contributed by atoms with E-state index < -0.39 is 12.4 Å². The summed E-state index contributed by atoms with van der Waals surface area (Å²) in [4.78, 5) is 15.6. The summed E-state index contributed by atoms with van der Waals surface area (Å²) in [5.41, 5.74) is 0.265. The quantitative estimate of drug-likeness (QED) is 0.922. The summed E-state index contributed by atoms with van der Waals surface area (Å²) in [6, 6.07) is 5.74. The zero-order chi connectivity index (χ0) is 14.0. The molecule has 0 amide bonds. The van der Waals surface area contributed by atoms with Crippen LogP contribution in [0, 0.1) is 0 Å². The number of aromatic nitrogens is 1. The van der Waals surface area contributed by atoms with Crippen LogP contribution in [0.5, 0.6) is 0 Å². The van der Waals surface area contributed by atoms with Crippen LogP contribution in [0.15, 0.2) is 24.3 Å². The molecule has 19 heavy (non-hydrogen) atoms. The van der Waals surface area contributed by atoms with E-state index in [0.29, 0.717) is 21.9 Å². The molecule has 2 rings (SSSR count). The third kappa shape index (κ3) is 2.78. The van der Waals surface area contributed by atoms with Crippen molar-refractivity contribution >= 4 is 17.3 Å². The second kappa shape index (κ2) is 5.44. The maximum Gasteiger partial charge on any atom is 0.356 e. The predicted octanol–water partition coefficient (Wildman–Crippen LogP) is 4.01. The maximum atomic E-state index is 12.7. The Kier molecular flexibility index (Phi) is 3.90. The Labute approximate surface area is 112 Å². The lowest BCUT2D eigenvalue weighted by Gasteiger charge is -2.03. The minimum absolute atomic E-state index is 0.0757. The lowest BCUT2D eigenvalue weighted by atomic mass is 10.1. The lowest BCUT2D eigenvalue weighted by Crippen LogP contribution is -1.99. The number of carboxylic acid groups (broad SMARTS) is 1. The molecule has 0 aliphatic heterocycles. The van der Waals surface area contributed by atoms with E-state index in [1.807, 2.05) is 6.92 Å². The fourth-order valence-electron chi connectivity index (χ4n) is 1.67. The molecule has 0 aliphatic carbocycles. The standard InChI is InChI=1S/C13H11F2NO2S/c1-2-9-16-10(13(17)18)11(19-9)7-4-3-5-8(6-7)12(14)15/h3-6,12H,2H2,1H3,(H,17,18).